The Kier molecular flexibility index (Phi) is 18.5. The third kappa shape index (κ3) is 14.3. The lowest BCUT2D eigenvalue weighted by atomic mass is 10.0. The molecule has 1 unspecified atom stereocenters. The van der Waals surface area contributed by atoms with Gasteiger partial charge in [-0.1, -0.05) is 70.9 Å². The summed E-state index contributed by atoms with van der Waals surface area (Å²) in [4.78, 5) is 25.5. The van der Waals surface area contributed by atoms with Gasteiger partial charge in [0.2, 0.25) is 11.7 Å². The van der Waals surface area contributed by atoms with E-state index in [1.54, 1.807) is 39.2 Å². The van der Waals surface area contributed by atoms with Gasteiger partial charge in [-0.3, -0.25) is 9.59 Å². The van der Waals surface area contributed by atoms with Gasteiger partial charge in [0.1, 0.15) is 0 Å². The molecule has 0 spiro atoms. The fourth-order valence-corrected chi connectivity index (χ4v) is 6.45. The number of hydrogen-bond acceptors (Lipinski definition) is 7. The van der Waals surface area contributed by atoms with E-state index in [2.05, 4.69) is 36.2 Å². The van der Waals surface area contributed by atoms with Crippen LogP contribution in [0.5, 0.6) is 17.2 Å². The number of rotatable bonds is 24. The number of carbonyl (C=O) groups is 2. The van der Waals surface area contributed by atoms with Gasteiger partial charge in [0.05, 0.1) is 21.3 Å². The van der Waals surface area contributed by atoms with Crippen LogP contribution in [0.25, 0.3) is 0 Å². The SMILES string of the molecule is COc1cc(CN2C(CCCCCCCC/C=C\CCCCCCCC(=O)O)=CC(=O)NC2SC(C)C)cc(OC)c1OC. The van der Waals surface area contributed by atoms with Crippen molar-refractivity contribution in [3.63, 3.8) is 0 Å². The number of ether oxygens (including phenoxy) is 3. The average molecular weight is 633 g/mol. The van der Waals surface area contributed by atoms with Crippen LogP contribution in [0.4, 0.5) is 0 Å². The minimum atomic E-state index is -0.688. The number of carboxylic acid groups (broad SMARTS) is 1. The maximum Gasteiger partial charge on any atom is 0.303 e. The van der Waals surface area contributed by atoms with Crippen molar-refractivity contribution >= 4 is 23.6 Å². The van der Waals surface area contributed by atoms with E-state index in [0.29, 0.717) is 35.5 Å². The maximum absolute atomic E-state index is 12.6. The van der Waals surface area contributed by atoms with Crippen LogP contribution in [0.1, 0.15) is 116 Å². The monoisotopic (exact) mass is 632 g/mol. The number of carboxylic acids is 1. The summed E-state index contributed by atoms with van der Waals surface area (Å²) >= 11 is 1.75. The molecule has 0 aromatic heterocycles. The number of carbonyl (C=O) groups excluding carboxylic acids is 1. The van der Waals surface area contributed by atoms with E-state index in [0.717, 1.165) is 62.6 Å². The van der Waals surface area contributed by atoms with Crippen molar-refractivity contribution in [2.75, 3.05) is 21.3 Å². The predicted molar refractivity (Wildman–Crippen MR) is 180 cm³/mol. The molecule has 0 saturated heterocycles. The first kappa shape index (κ1) is 37.4. The molecule has 44 heavy (non-hydrogen) atoms. The summed E-state index contributed by atoms with van der Waals surface area (Å²) in [5, 5.41) is 12.2. The van der Waals surface area contributed by atoms with Crippen LogP contribution in [0.3, 0.4) is 0 Å². The van der Waals surface area contributed by atoms with Crippen molar-refractivity contribution in [2.24, 2.45) is 0 Å². The van der Waals surface area contributed by atoms with Crippen LogP contribution in [0, 0.1) is 0 Å². The topological polar surface area (TPSA) is 97.3 Å². The number of methoxy groups -OCH3 is 3. The predicted octanol–water partition coefficient (Wildman–Crippen LogP) is 8.45. The molecule has 0 fully saturated rings. The zero-order valence-corrected chi connectivity index (χ0v) is 28.5. The Morgan fingerprint density at radius 3 is 1.95 bits per heavy atom. The highest BCUT2D eigenvalue weighted by Crippen LogP contribution is 2.39. The molecule has 0 bridgehead atoms. The number of aliphatic carboxylic acids is 1. The Morgan fingerprint density at radius 1 is 0.886 bits per heavy atom. The summed E-state index contributed by atoms with van der Waals surface area (Å²) in [5.74, 6) is 1.11. The molecular weight excluding hydrogens is 576 g/mol. The number of amides is 1. The second-order valence-electron chi connectivity index (χ2n) is 11.7. The third-order valence-electron chi connectivity index (χ3n) is 7.68. The average Bonchev–Trinajstić information content (AvgIpc) is 2.99. The van der Waals surface area contributed by atoms with Crippen LogP contribution in [-0.2, 0) is 16.1 Å². The first-order valence-electron chi connectivity index (χ1n) is 16.4. The minimum Gasteiger partial charge on any atom is -0.493 e. The second-order valence-corrected chi connectivity index (χ2v) is 13.3. The smallest absolute Gasteiger partial charge is 0.303 e. The summed E-state index contributed by atoms with van der Waals surface area (Å²) in [6, 6.07) is 3.96. The molecule has 0 aliphatic carbocycles. The van der Waals surface area contributed by atoms with E-state index in [4.69, 9.17) is 19.3 Å². The molecule has 2 N–H and O–H groups in total. The fourth-order valence-electron chi connectivity index (χ4n) is 5.39. The molecule has 1 heterocycles. The van der Waals surface area contributed by atoms with Gasteiger partial charge in [0.25, 0.3) is 0 Å². The van der Waals surface area contributed by atoms with Gasteiger partial charge in [-0.05, 0) is 62.6 Å². The van der Waals surface area contributed by atoms with Crippen molar-refractivity contribution in [2.45, 2.75) is 127 Å². The highest BCUT2D eigenvalue weighted by atomic mass is 32.2. The lowest BCUT2D eigenvalue weighted by molar-refractivity contribution is -0.137. The Hall–Kier alpha value is -2.81. The van der Waals surface area contributed by atoms with Crippen molar-refractivity contribution in [1.29, 1.82) is 0 Å². The zero-order valence-electron chi connectivity index (χ0n) is 27.7. The van der Waals surface area contributed by atoms with Gasteiger partial charge in [0, 0.05) is 30.0 Å². The van der Waals surface area contributed by atoms with Gasteiger partial charge >= 0.3 is 5.97 Å². The number of allylic oxidation sites excluding steroid dienone is 3. The number of nitrogens with zero attached hydrogens (tertiary/aromatic N) is 1. The third-order valence-corrected chi connectivity index (χ3v) is 8.85. The van der Waals surface area contributed by atoms with Gasteiger partial charge < -0.3 is 29.5 Å². The standard InChI is InChI=1S/C35H56N2O6S/c1-27(2)44-35-36-32(38)25-29(37(35)26-28-23-30(41-3)34(43-5)31(24-28)42-4)21-19-17-15-13-11-9-7-6-8-10-12-14-16-18-20-22-33(39)40/h6,8,23-25,27,35H,7,9-22,26H2,1-5H3,(H,36,38)(H,39,40)/b8-6-. The van der Waals surface area contributed by atoms with Gasteiger partial charge in [-0.15, -0.1) is 11.8 Å². The summed E-state index contributed by atoms with van der Waals surface area (Å²) in [7, 11) is 4.86. The molecule has 1 aromatic rings. The zero-order chi connectivity index (χ0) is 32.2. The summed E-state index contributed by atoms with van der Waals surface area (Å²) < 4.78 is 16.7. The summed E-state index contributed by atoms with van der Waals surface area (Å²) in [6.45, 7) is 4.92. The fraction of sp³-hybridized carbons (Fsp3) is 0.657. The van der Waals surface area contributed by atoms with E-state index < -0.39 is 5.97 Å². The van der Waals surface area contributed by atoms with E-state index in [1.165, 1.54) is 38.5 Å². The lowest BCUT2D eigenvalue weighted by Crippen LogP contribution is -2.49. The minimum absolute atomic E-state index is 0.0249. The first-order chi connectivity index (χ1) is 21.3. The van der Waals surface area contributed by atoms with Crippen LogP contribution in [0.15, 0.2) is 36.1 Å². The Balaban J connectivity index is 1.76. The largest absolute Gasteiger partial charge is 0.493 e. The van der Waals surface area contributed by atoms with Gasteiger partial charge in [0.15, 0.2) is 17.0 Å². The lowest BCUT2D eigenvalue weighted by Gasteiger charge is -2.39. The number of nitrogens with one attached hydrogen (secondary N) is 1. The van der Waals surface area contributed by atoms with Crippen molar-refractivity contribution in [3.05, 3.63) is 41.6 Å². The second kappa shape index (κ2) is 21.8. The number of thioether (sulfide) groups is 1. The number of benzene rings is 1. The number of hydrogen-bond donors (Lipinski definition) is 2. The molecule has 1 aliphatic heterocycles. The van der Waals surface area contributed by atoms with E-state index >= 15 is 0 Å². The highest BCUT2D eigenvalue weighted by molar-refractivity contribution is 8.00. The molecule has 0 radical (unpaired) electrons. The first-order valence-corrected chi connectivity index (χ1v) is 17.3. The molecule has 9 heteroatoms. The van der Waals surface area contributed by atoms with Crippen molar-refractivity contribution in [1.82, 2.24) is 10.2 Å². The molecule has 8 nitrogen and oxygen atoms in total. The summed E-state index contributed by atoms with van der Waals surface area (Å²) in [5.41, 5.74) is 1.96. The van der Waals surface area contributed by atoms with Gasteiger partial charge in [-0.2, -0.15) is 0 Å². The molecule has 248 valence electrons. The molecule has 0 saturated carbocycles. The van der Waals surface area contributed by atoms with E-state index in [9.17, 15) is 9.59 Å². The van der Waals surface area contributed by atoms with Crippen LogP contribution in [-0.4, -0.2) is 54.0 Å². The Bertz CT molecular complexity index is 1030. The van der Waals surface area contributed by atoms with Crippen LogP contribution >= 0.6 is 11.8 Å². The molecule has 1 aromatic carbocycles. The molecule has 1 amide bonds. The molecule has 2 rings (SSSR count). The summed E-state index contributed by atoms with van der Waals surface area (Å²) in [6.07, 6.45) is 22.3. The van der Waals surface area contributed by atoms with Crippen molar-refractivity contribution < 1.29 is 28.9 Å². The van der Waals surface area contributed by atoms with E-state index in [1.807, 2.05) is 12.1 Å². The Morgan fingerprint density at radius 2 is 1.43 bits per heavy atom. The van der Waals surface area contributed by atoms with Gasteiger partial charge in [-0.25, -0.2) is 0 Å². The van der Waals surface area contributed by atoms with Crippen molar-refractivity contribution in [3.8, 4) is 17.2 Å². The van der Waals surface area contributed by atoms with E-state index in [-0.39, 0.29) is 11.4 Å². The number of unbranched alkanes of at least 4 members (excludes halogenated alkanes) is 11. The molecule has 1 atom stereocenters. The highest BCUT2D eigenvalue weighted by Gasteiger charge is 2.29. The normalized spacial score (nSPS) is 15.0. The van der Waals surface area contributed by atoms with Crippen LogP contribution in [0.2, 0.25) is 0 Å². The molecule has 1 aliphatic rings. The maximum atomic E-state index is 12.6. The molecular formula is C35H56N2O6S. The Labute approximate surface area is 270 Å². The quantitative estimate of drug-likeness (QED) is 0.0866. The van der Waals surface area contributed by atoms with Crippen LogP contribution < -0.4 is 19.5 Å².